The minimum absolute atomic E-state index is 0.0363. The van der Waals surface area contributed by atoms with Crippen LogP contribution in [0.25, 0.3) is 5.52 Å². The molecule has 0 aliphatic carbocycles. The average molecular weight is 333 g/mol. The molecule has 3 aromatic rings. The topological polar surface area (TPSA) is 81.9 Å². The lowest BCUT2D eigenvalue weighted by molar-refractivity contribution is 0.386. The lowest BCUT2D eigenvalue weighted by atomic mass is 10.3. The third-order valence-electron chi connectivity index (χ3n) is 3.31. The number of pyridine rings is 1. The second kappa shape index (κ2) is 5.81. The number of nitrogens with zero attached hydrogens (tertiary/aromatic N) is 2. The zero-order valence-electron chi connectivity index (χ0n) is 12.6. The van der Waals surface area contributed by atoms with Crippen molar-refractivity contribution in [1.29, 1.82) is 0 Å². The number of anilines is 1. The van der Waals surface area contributed by atoms with Gasteiger partial charge in [0, 0.05) is 18.5 Å². The van der Waals surface area contributed by atoms with Crippen molar-refractivity contribution >= 4 is 21.2 Å². The van der Waals surface area contributed by atoms with Crippen molar-refractivity contribution in [3.05, 3.63) is 48.8 Å². The van der Waals surface area contributed by atoms with Gasteiger partial charge < -0.3 is 9.47 Å². The summed E-state index contributed by atoms with van der Waals surface area (Å²) in [5, 5.41) is 4.07. The van der Waals surface area contributed by atoms with Crippen LogP contribution >= 0.6 is 0 Å². The molecule has 7 nitrogen and oxygen atoms in total. The molecule has 0 atom stereocenters. The first-order chi connectivity index (χ1) is 11.0. The molecule has 0 radical (unpaired) electrons. The second-order valence-corrected chi connectivity index (χ2v) is 6.39. The molecular formula is C15H15N3O4S. The summed E-state index contributed by atoms with van der Waals surface area (Å²) in [7, 11) is -0.882. The summed E-state index contributed by atoms with van der Waals surface area (Å²) in [5.74, 6) is 0.726. The predicted octanol–water partition coefficient (Wildman–Crippen LogP) is 2.15. The lowest BCUT2D eigenvalue weighted by Gasteiger charge is -2.12. The summed E-state index contributed by atoms with van der Waals surface area (Å²) >= 11 is 0. The van der Waals surface area contributed by atoms with Gasteiger partial charge in [0.25, 0.3) is 10.0 Å². The number of aromatic nitrogens is 2. The van der Waals surface area contributed by atoms with Gasteiger partial charge in [0.05, 0.1) is 25.4 Å². The van der Waals surface area contributed by atoms with Gasteiger partial charge in [0.15, 0.2) is 0 Å². The minimum atomic E-state index is -3.79. The number of hydrogen-bond donors (Lipinski definition) is 1. The lowest BCUT2D eigenvalue weighted by Crippen LogP contribution is -2.14. The first-order valence-electron chi connectivity index (χ1n) is 6.72. The maximum Gasteiger partial charge on any atom is 0.265 e. The summed E-state index contributed by atoms with van der Waals surface area (Å²) in [6.45, 7) is 0. The molecule has 1 aromatic carbocycles. The molecule has 2 heterocycles. The predicted molar refractivity (Wildman–Crippen MR) is 85.5 cm³/mol. The Morgan fingerprint density at radius 2 is 1.91 bits per heavy atom. The van der Waals surface area contributed by atoms with Gasteiger partial charge in [-0.1, -0.05) is 0 Å². The molecule has 0 fully saturated rings. The fraction of sp³-hybridized carbons (Fsp3) is 0.133. The molecule has 0 saturated heterocycles. The minimum Gasteiger partial charge on any atom is -0.497 e. The second-order valence-electron chi connectivity index (χ2n) is 4.74. The Morgan fingerprint density at radius 1 is 1.09 bits per heavy atom. The highest BCUT2D eigenvalue weighted by Crippen LogP contribution is 2.29. The summed E-state index contributed by atoms with van der Waals surface area (Å²) < 4.78 is 39.6. The molecule has 1 N–H and O–H groups in total. The largest absolute Gasteiger partial charge is 0.497 e. The number of sulfonamides is 1. The molecular weight excluding hydrogens is 318 g/mol. The van der Waals surface area contributed by atoms with E-state index in [-0.39, 0.29) is 10.6 Å². The molecule has 0 aliphatic rings. The Labute approximate surface area is 133 Å². The first-order valence-corrected chi connectivity index (χ1v) is 8.20. The molecule has 2 aromatic heterocycles. The highest BCUT2D eigenvalue weighted by atomic mass is 32.2. The molecule has 0 saturated carbocycles. The standard InChI is InChI=1S/C15H15N3O4S/c1-21-13-3-4-15(14(10-13)22-2)23(19,20)17-11-6-8-18-12(9-11)5-7-16-18/h3-10,17H,1-2H3. The molecule has 8 heteroatoms. The number of fused-ring (bicyclic) bond motifs is 1. The normalized spacial score (nSPS) is 11.4. The fourth-order valence-electron chi connectivity index (χ4n) is 2.19. The number of hydrogen-bond acceptors (Lipinski definition) is 5. The van der Waals surface area contributed by atoms with Crippen molar-refractivity contribution in [3.63, 3.8) is 0 Å². The molecule has 0 aliphatic heterocycles. The molecule has 120 valence electrons. The average Bonchev–Trinajstić information content (AvgIpc) is 3.01. The maximum atomic E-state index is 12.6. The van der Waals surface area contributed by atoms with Gasteiger partial charge in [-0.2, -0.15) is 5.10 Å². The van der Waals surface area contributed by atoms with Crippen LogP contribution in [-0.4, -0.2) is 32.3 Å². The van der Waals surface area contributed by atoms with Gasteiger partial charge in [-0.3, -0.25) is 4.72 Å². The Kier molecular flexibility index (Phi) is 3.83. The van der Waals surface area contributed by atoms with Crippen molar-refractivity contribution in [2.75, 3.05) is 18.9 Å². The third kappa shape index (κ3) is 2.93. The quantitative estimate of drug-likeness (QED) is 0.774. The van der Waals surface area contributed by atoms with E-state index in [1.165, 1.54) is 26.4 Å². The molecule has 0 amide bonds. The van der Waals surface area contributed by atoms with Gasteiger partial charge in [-0.25, -0.2) is 12.9 Å². The Bertz CT molecular complexity index is 950. The Balaban J connectivity index is 1.97. The zero-order valence-corrected chi connectivity index (χ0v) is 13.4. The summed E-state index contributed by atoms with van der Waals surface area (Å²) in [4.78, 5) is 0.0363. The fourth-order valence-corrected chi connectivity index (χ4v) is 3.39. The highest BCUT2D eigenvalue weighted by molar-refractivity contribution is 7.92. The van der Waals surface area contributed by atoms with Crippen molar-refractivity contribution in [2.24, 2.45) is 0 Å². The summed E-state index contributed by atoms with van der Waals surface area (Å²) in [5.41, 5.74) is 1.22. The molecule has 3 rings (SSSR count). The third-order valence-corrected chi connectivity index (χ3v) is 4.73. The molecule has 0 bridgehead atoms. The van der Waals surface area contributed by atoms with Gasteiger partial charge in [0.1, 0.15) is 16.4 Å². The summed E-state index contributed by atoms with van der Waals surface area (Å²) in [6, 6.07) is 9.64. The van der Waals surface area contributed by atoms with Crippen LogP contribution in [-0.2, 0) is 10.0 Å². The van der Waals surface area contributed by atoms with E-state index in [2.05, 4.69) is 9.82 Å². The van der Waals surface area contributed by atoms with Crippen molar-refractivity contribution in [2.45, 2.75) is 4.90 Å². The number of methoxy groups -OCH3 is 2. The Hall–Kier alpha value is -2.74. The van der Waals surface area contributed by atoms with E-state index in [1.807, 2.05) is 0 Å². The van der Waals surface area contributed by atoms with Crippen LogP contribution < -0.4 is 14.2 Å². The van der Waals surface area contributed by atoms with E-state index < -0.39 is 10.0 Å². The number of ether oxygens (including phenoxy) is 2. The summed E-state index contributed by atoms with van der Waals surface area (Å²) in [6.07, 6.45) is 3.32. The van der Waals surface area contributed by atoms with E-state index in [1.54, 1.807) is 41.2 Å². The smallest absolute Gasteiger partial charge is 0.265 e. The van der Waals surface area contributed by atoms with Crippen molar-refractivity contribution < 1.29 is 17.9 Å². The van der Waals surface area contributed by atoms with Gasteiger partial charge in [-0.15, -0.1) is 0 Å². The van der Waals surface area contributed by atoms with Crippen LogP contribution in [0.3, 0.4) is 0 Å². The van der Waals surface area contributed by atoms with Crippen LogP contribution in [0, 0.1) is 0 Å². The molecule has 0 unspecified atom stereocenters. The molecule has 23 heavy (non-hydrogen) atoms. The molecule has 0 spiro atoms. The van der Waals surface area contributed by atoms with Gasteiger partial charge >= 0.3 is 0 Å². The van der Waals surface area contributed by atoms with Gasteiger partial charge in [0.2, 0.25) is 0 Å². The van der Waals surface area contributed by atoms with E-state index in [0.717, 1.165) is 5.52 Å². The zero-order chi connectivity index (χ0) is 16.4. The van der Waals surface area contributed by atoms with Crippen LogP contribution in [0.4, 0.5) is 5.69 Å². The maximum absolute atomic E-state index is 12.6. The van der Waals surface area contributed by atoms with E-state index in [0.29, 0.717) is 11.4 Å². The van der Waals surface area contributed by atoms with E-state index >= 15 is 0 Å². The Morgan fingerprint density at radius 3 is 2.65 bits per heavy atom. The first kappa shape index (κ1) is 15.2. The number of benzene rings is 1. The highest BCUT2D eigenvalue weighted by Gasteiger charge is 2.20. The van der Waals surface area contributed by atoms with Crippen molar-refractivity contribution in [3.8, 4) is 11.5 Å². The van der Waals surface area contributed by atoms with Crippen LogP contribution in [0.5, 0.6) is 11.5 Å². The van der Waals surface area contributed by atoms with Gasteiger partial charge in [-0.05, 0) is 30.3 Å². The van der Waals surface area contributed by atoms with Crippen LogP contribution in [0.2, 0.25) is 0 Å². The van der Waals surface area contributed by atoms with Crippen molar-refractivity contribution in [1.82, 2.24) is 9.61 Å². The monoisotopic (exact) mass is 333 g/mol. The van der Waals surface area contributed by atoms with Crippen LogP contribution in [0.15, 0.2) is 53.7 Å². The van der Waals surface area contributed by atoms with E-state index in [4.69, 9.17) is 9.47 Å². The SMILES string of the molecule is COc1ccc(S(=O)(=O)Nc2ccn3nccc3c2)c(OC)c1. The van der Waals surface area contributed by atoms with Crippen LogP contribution in [0.1, 0.15) is 0 Å². The van der Waals surface area contributed by atoms with E-state index in [9.17, 15) is 8.42 Å². The number of rotatable bonds is 5. The number of nitrogens with one attached hydrogen (secondary N) is 1.